The third kappa shape index (κ3) is 6.45. The molecule has 0 unspecified atom stereocenters. The zero-order valence-corrected chi connectivity index (χ0v) is 19.0. The molecule has 2 aromatic carbocycles. The number of nitriles is 1. The van der Waals surface area contributed by atoms with Crippen LogP contribution in [-0.2, 0) is 6.54 Å². The molecule has 2 aliphatic rings. The number of rotatable bonds is 6. The molecule has 2 aliphatic heterocycles. The topological polar surface area (TPSA) is 62.6 Å². The van der Waals surface area contributed by atoms with Crippen LogP contribution < -0.4 is 10.2 Å². The summed E-state index contributed by atoms with van der Waals surface area (Å²) in [7, 11) is 0. The van der Waals surface area contributed by atoms with Gasteiger partial charge in [0, 0.05) is 45.0 Å². The van der Waals surface area contributed by atoms with E-state index in [4.69, 9.17) is 5.26 Å². The summed E-state index contributed by atoms with van der Waals surface area (Å²) in [4.78, 5) is 18.9. The first kappa shape index (κ1) is 23.1. The normalized spacial score (nSPS) is 17.6. The minimum absolute atomic E-state index is 0.0203. The molecule has 0 aromatic heterocycles. The maximum absolute atomic E-state index is 13.7. The zero-order valence-electron chi connectivity index (χ0n) is 19.0. The van der Waals surface area contributed by atoms with E-state index in [0.29, 0.717) is 49.9 Å². The van der Waals surface area contributed by atoms with Gasteiger partial charge in [-0.15, -0.1) is 0 Å². The van der Waals surface area contributed by atoms with Crippen molar-refractivity contribution in [2.45, 2.75) is 25.8 Å². The van der Waals surface area contributed by atoms with Crippen LogP contribution in [0, 0.1) is 23.1 Å². The number of carbonyl (C=O) groups excluding carboxylic acids is 1. The van der Waals surface area contributed by atoms with Crippen molar-refractivity contribution in [1.82, 2.24) is 15.1 Å². The van der Waals surface area contributed by atoms with Crippen LogP contribution in [0.2, 0.25) is 0 Å². The predicted molar refractivity (Wildman–Crippen MR) is 127 cm³/mol. The van der Waals surface area contributed by atoms with E-state index in [9.17, 15) is 9.18 Å². The lowest BCUT2D eigenvalue weighted by Gasteiger charge is -2.36. The van der Waals surface area contributed by atoms with Crippen LogP contribution >= 0.6 is 0 Å². The number of piperazine rings is 1. The van der Waals surface area contributed by atoms with Crippen molar-refractivity contribution in [1.29, 1.82) is 5.26 Å². The number of amides is 2. The van der Waals surface area contributed by atoms with Crippen molar-refractivity contribution in [2.24, 2.45) is 5.92 Å². The summed E-state index contributed by atoms with van der Waals surface area (Å²) in [5, 5.41) is 12.1. The molecule has 2 aromatic rings. The van der Waals surface area contributed by atoms with Gasteiger partial charge in [-0.2, -0.15) is 5.26 Å². The third-order valence-electron chi connectivity index (χ3n) is 6.73. The summed E-state index contributed by atoms with van der Waals surface area (Å²) in [6.45, 7) is 6.38. The maximum atomic E-state index is 13.7. The largest absolute Gasteiger partial charge is 0.368 e. The minimum Gasteiger partial charge on any atom is -0.368 e. The number of hydrogen-bond donors (Lipinski definition) is 1. The Hall–Kier alpha value is -3.11. The maximum Gasteiger partial charge on any atom is 0.317 e. The van der Waals surface area contributed by atoms with E-state index in [2.05, 4.69) is 40.5 Å². The number of anilines is 1. The molecule has 6 nitrogen and oxygen atoms in total. The summed E-state index contributed by atoms with van der Waals surface area (Å²) in [6, 6.07) is 17.0. The molecular formula is C26H32FN5O. The van der Waals surface area contributed by atoms with E-state index >= 15 is 0 Å². The SMILES string of the molecule is N#Cc1cc(F)cc(N2CCN(C(=O)NCCC3CCN(Cc4ccccc4)CC3)CC2)c1. The second kappa shape index (κ2) is 11.2. The monoisotopic (exact) mass is 449 g/mol. The first-order chi connectivity index (χ1) is 16.1. The molecule has 0 aliphatic carbocycles. The van der Waals surface area contributed by atoms with E-state index in [1.165, 1.54) is 30.5 Å². The number of nitrogens with zero attached hydrogens (tertiary/aromatic N) is 4. The summed E-state index contributed by atoms with van der Waals surface area (Å²) in [5.74, 6) is 0.256. The number of urea groups is 1. The van der Waals surface area contributed by atoms with Gasteiger partial charge in [0.15, 0.2) is 0 Å². The first-order valence-corrected chi connectivity index (χ1v) is 11.9. The van der Waals surface area contributed by atoms with Gasteiger partial charge in [-0.25, -0.2) is 9.18 Å². The highest BCUT2D eigenvalue weighted by molar-refractivity contribution is 5.74. The Morgan fingerprint density at radius 2 is 1.76 bits per heavy atom. The van der Waals surface area contributed by atoms with Crippen molar-refractivity contribution in [3.8, 4) is 6.07 Å². The van der Waals surface area contributed by atoms with E-state index in [0.717, 1.165) is 26.1 Å². The number of halogens is 1. The van der Waals surface area contributed by atoms with Crippen LogP contribution in [-0.4, -0.2) is 61.6 Å². The van der Waals surface area contributed by atoms with Crippen LogP contribution in [0.3, 0.4) is 0 Å². The fraction of sp³-hybridized carbons (Fsp3) is 0.462. The van der Waals surface area contributed by atoms with E-state index in [-0.39, 0.29) is 6.03 Å². The molecule has 2 saturated heterocycles. The Morgan fingerprint density at radius 1 is 1.03 bits per heavy atom. The lowest BCUT2D eigenvalue weighted by atomic mass is 9.93. The molecule has 2 heterocycles. The molecule has 2 amide bonds. The summed E-state index contributed by atoms with van der Waals surface area (Å²) in [5.41, 5.74) is 2.38. The summed E-state index contributed by atoms with van der Waals surface area (Å²) < 4.78 is 13.7. The molecule has 2 fully saturated rings. The standard InChI is InChI=1S/C26H32FN5O/c27-24-16-23(19-28)17-25(18-24)31-12-14-32(15-13-31)26(33)29-9-6-21-7-10-30(11-8-21)20-22-4-2-1-3-5-22/h1-5,16-18,21H,6-15,20H2,(H,29,33). The Bertz CT molecular complexity index is 960. The van der Waals surface area contributed by atoms with Crippen LogP contribution in [0.15, 0.2) is 48.5 Å². The van der Waals surface area contributed by atoms with Gasteiger partial charge >= 0.3 is 6.03 Å². The molecule has 0 bridgehead atoms. The molecule has 0 radical (unpaired) electrons. The second-order valence-corrected chi connectivity index (χ2v) is 9.01. The smallest absolute Gasteiger partial charge is 0.317 e. The highest BCUT2D eigenvalue weighted by atomic mass is 19.1. The highest BCUT2D eigenvalue weighted by Gasteiger charge is 2.23. The lowest BCUT2D eigenvalue weighted by molar-refractivity contribution is 0.169. The summed E-state index contributed by atoms with van der Waals surface area (Å²) in [6.07, 6.45) is 3.38. The van der Waals surface area contributed by atoms with E-state index in [1.54, 1.807) is 6.07 Å². The van der Waals surface area contributed by atoms with Gasteiger partial charge in [-0.3, -0.25) is 4.90 Å². The van der Waals surface area contributed by atoms with Gasteiger partial charge in [0.25, 0.3) is 0 Å². The number of nitrogens with one attached hydrogen (secondary N) is 1. The summed E-state index contributed by atoms with van der Waals surface area (Å²) >= 11 is 0. The molecule has 1 N–H and O–H groups in total. The van der Waals surface area contributed by atoms with Crippen LogP contribution in [0.4, 0.5) is 14.9 Å². The fourth-order valence-corrected chi connectivity index (χ4v) is 4.76. The highest BCUT2D eigenvalue weighted by Crippen LogP contribution is 2.22. The quantitative estimate of drug-likeness (QED) is 0.728. The second-order valence-electron chi connectivity index (χ2n) is 9.01. The fourth-order valence-electron chi connectivity index (χ4n) is 4.76. The molecule has 4 rings (SSSR count). The number of hydrogen-bond acceptors (Lipinski definition) is 4. The van der Waals surface area contributed by atoms with Crippen molar-refractivity contribution in [2.75, 3.05) is 50.7 Å². The Labute approximate surface area is 195 Å². The van der Waals surface area contributed by atoms with E-state index in [1.807, 2.05) is 15.9 Å². The van der Waals surface area contributed by atoms with Crippen molar-refractivity contribution >= 4 is 11.7 Å². The lowest BCUT2D eigenvalue weighted by Crippen LogP contribution is -2.52. The molecule has 174 valence electrons. The van der Waals surface area contributed by atoms with Crippen LogP contribution in [0.5, 0.6) is 0 Å². The number of likely N-dealkylation sites (tertiary alicyclic amines) is 1. The molecule has 0 saturated carbocycles. The molecule has 7 heteroatoms. The predicted octanol–water partition coefficient (Wildman–Crippen LogP) is 3.83. The minimum atomic E-state index is -0.407. The van der Waals surface area contributed by atoms with Crippen molar-refractivity contribution in [3.63, 3.8) is 0 Å². The van der Waals surface area contributed by atoms with Crippen LogP contribution in [0.25, 0.3) is 0 Å². The number of carbonyl (C=O) groups is 1. The Morgan fingerprint density at radius 3 is 2.45 bits per heavy atom. The van der Waals surface area contributed by atoms with Crippen molar-refractivity contribution in [3.05, 3.63) is 65.5 Å². The number of benzene rings is 2. The molecule has 0 atom stereocenters. The van der Waals surface area contributed by atoms with E-state index < -0.39 is 5.82 Å². The van der Waals surface area contributed by atoms with Gasteiger partial charge < -0.3 is 15.1 Å². The molecule has 0 spiro atoms. The Balaban J connectivity index is 1.14. The Kier molecular flexibility index (Phi) is 7.79. The number of piperidine rings is 1. The zero-order chi connectivity index (χ0) is 23.0. The third-order valence-corrected chi connectivity index (χ3v) is 6.73. The van der Waals surface area contributed by atoms with Gasteiger partial charge in [0.05, 0.1) is 11.6 Å². The average Bonchev–Trinajstić information content (AvgIpc) is 2.85. The molecule has 33 heavy (non-hydrogen) atoms. The first-order valence-electron chi connectivity index (χ1n) is 11.9. The van der Waals surface area contributed by atoms with Gasteiger partial charge in [-0.1, -0.05) is 30.3 Å². The van der Waals surface area contributed by atoms with Crippen molar-refractivity contribution < 1.29 is 9.18 Å². The van der Waals surface area contributed by atoms with Gasteiger partial charge in [-0.05, 0) is 62.0 Å². The average molecular weight is 450 g/mol. The van der Waals surface area contributed by atoms with Crippen LogP contribution in [0.1, 0.15) is 30.4 Å². The van der Waals surface area contributed by atoms with Gasteiger partial charge in [0.1, 0.15) is 5.82 Å². The van der Waals surface area contributed by atoms with Gasteiger partial charge in [0.2, 0.25) is 0 Å². The molecular weight excluding hydrogens is 417 g/mol.